The van der Waals surface area contributed by atoms with Gasteiger partial charge in [-0.15, -0.1) is 0 Å². The molecule has 1 fully saturated rings. The number of nitrogens with one attached hydrogen (secondary N) is 1. The van der Waals surface area contributed by atoms with Crippen LogP contribution in [-0.4, -0.2) is 34.0 Å². The number of anilines is 3. The van der Waals surface area contributed by atoms with E-state index in [0.717, 1.165) is 49.8 Å². The molecule has 1 amide bonds. The zero-order valence-corrected chi connectivity index (χ0v) is 19.5. The van der Waals surface area contributed by atoms with Gasteiger partial charge < -0.3 is 10.2 Å². The summed E-state index contributed by atoms with van der Waals surface area (Å²) >= 11 is 0. The van der Waals surface area contributed by atoms with Gasteiger partial charge in [0.2, 0.25) is 5.91 Å². The van der Waals surface area contributed by atoms with Gasteiger partial charge in [-0.25, -0.2) is 8.42 Å². The number of nitrogens with zero attached hydrogens (tertiary/aromatic N) is 2. The van der Waals surface area contributed by atoms with Gasteiger partial charge in [0.25, 0.3) is 10.0 Å². The summed E-state index contributed by atoms with van der Waals surface area (Å²) in [6.07, 6.45) is -2.42. The average Bonchev–Trinajstić information content (AvgIpc) is 3.38. The lowest BCUT2D eigenvalue weighted by atomic mass is 10.2. The van der Waals surface area contributed by atoms with Gasteiger partial charge in [-0.3, -0.25) is 9.10 Å². The predicted octanol–water partition coefficient (Wildman–Crippen LogP) is 5.14. The number of alkyl halides is 3. The van der Waals surface area contributed by atoms with Gasteiger partial charge in [0, 0.05) is 24.5 Å². The van der Waals surface area contributed by atoms with E-state index in [9.17, 15) is 26.4 Å². The van der Waals surface area contributed by atoms with E-state index < -0.39 is 34.2 Å². The summed E-state index contributed by atoms with van der Waals surface area (Å²) in [5.74, 6) is -0.684. The number of carbonyl (C=O) groups excluding carboxylic acids is 1. The normalized spacial score (nSPS) is 14.1. The third-order valence-corrected chi connectivity index (χ3v) is 7.49. The van der Waals surface area contributed by atoms with E-state index >= 15 is 0 Å². The minimum Gasteiger partial charge on any atom is -0.372 e. The van der Waals surface area contributed by atoms with Crippen molar-refractivity contribution in [2.75, 3.05) is 34.2 Å². The van der Waals surface area contributed by atoms with Crippen LogP contribution < -0.4 is 14.5 Å². The Kier molecular flexibility index (Phi) is 7.02. The molecule has 0 aromatic heterocycles. The van der Waals surface area contributed by atoms with Crippen LogP contribution in [0.1, 0.15) is 18.4 Å². The van der Waals surface area contributed by atoms with Crippen LogP contribution in [0.3, 0.4) is 0 Å². The molecule has 0 unspecified atom stereocenters. The van der Waals surface area contributed by atoms with Gasteiger partial charge in [-0.1, -0.05) is 24.3 Å². The van der Waals surface area contributed by atoms with Crippen LogP contribution in [0, 0.1) is 0 Å². The number of benzene rings is 3. The van der Waals surface area contributed by atoms with Crippen LogP contribution in [0.25, 0.3) is 0 Å². The third kappa shape index (κ3) is 5.76. The van der Waals surface area contributed by atoms with Gasteiger partial charge >= 0.3 is 6.18 Å². The summed E-state index contributed by atoms with van der Waals surface area (Å²) in [4.78, 5) is 14.9. The molecule has 4 rings (SSSR count). The molecule has 3 aromatic carbocycles. The molecule has 3 aromatic rings. The van der Waals surface area contributed by atoms with Crippen LogP contribution in [0.15, 0.2) is 83.8 Å². The molecule has 35 heavy (non-hydrogen) atoms. The molecular weight excluding hydrogens is 479 g/mol. The fraction of sp³-hybridized carbons (Fsp3) is 0.240. The zero-order chi connectivity index (χ0) is 25.1. The summed E-state index contributed by atoms with van der Waals surface area (Å²) < 4.78 is 67.2. The van der Waals surface area contributed by atoms with Crippen LogP contribution in [0.4, 0.5) is 30.2 Å². The first kappa shape index (κ1) is 24.6. The Morgan fingerprint density at radius 2 is 1.57 bits per heavy atom. The highest BCUT2D eigenvalue weighted by Crippen LogP contribution is 2.33. The maximum absolute atomic E-state index is 13.3. The second kappa shape index (κ2) is 9.99. The average molecular weight is 504 g/mol. The van der Waals surface area contributed by atoms with Crippen molar-refractivity contribution in [2.24, 2.45) is 0 Å². The maximum atomic E-state index is 13.3. The lowest BCUT2D eigenvalue weighted by Gasteiger charge is -2.25. The van der Waals surface area contributed by atoms with E-state index in [1.54, 1.807) is 18.2 Å². The number of amides is 1. The minimum atomic E-state index is -4.67. The highest BCUT2D eigenvalue weighted by atomic mass is 32.2. The quantitative estimate of drug-likeness (QED) is 0.485. The second-order valence-electron chi connectivity index (χ2n) is 8.16. The lowest BCUT2D eigenvalue weighted by Crippen LogP contribution is -2.38. The number of rotatable bonds is 7. The summed E-state index contributed by atoms with van der Waals surface area (Å²) in [6.45, 7) is 1.23. The molecule has 1 aliphatic rings. The molecule has 0 bridgehead atoms. The van der Waals surface area contributed by atoms with Crippen molar-refractivity contribution in [3.8, 4) is 0 Å². The van der Waals surface area contributed by atoms with Crippen molar-refractivity contribution >= 4 is 33.0 Å². The smallest absolute Gasteiger partial charge is 0.372 e. The zero-order valence-electron chi connectivity index (χ0n) is 18.7. The molecule has 6 nitrogen and oxygen atoms in total. The molecular formula is C25H24F3N3O3S. The van der Waals surface area contributed by atoms with E-state index in [2.05, 4.69) is 10.2 Å². The molecule has 1 saturated heterocycles. The molecule has 0 aliphatic carbocycles. The van der Waals surface area contributed by atoms with Gasteiger partial charge in [0.15, 0.2) is 0 Å². The molecule has 1 aliphatic heterocycles. The number of hydrogen-bond acceptors (Lipinski definition) is 4. The minimum absolute atomic E-state index is 0.139. The summed E-state index contributed by atoms with van der Waals surface area (Å²) in [7, 11) is -4.32. The molecule has 184 valence electrons. The largest absolute Gasteiger partial charge is 0.416 e. The summed E-state index contributed by atoms with van der Waals surface area (Å²) in [6, 6.07) is 18.3. The lowest BCUT2D eigenvalue weighted by molar-refractivity contribution is -0.137. The second-order valence-corrected chi connectivity index (χ2v) is 10.0. The molecule has 10 heteroatoms. The number of halogens is 3. The van der Waals surface area contributed by atoms with Crippen LogP contribution in [-0.2, 0) is 21.0 Å². The Morgan fingerprint density at radius 3 is 2.20 bits per heavy atom. The molecule has 0 spiro atoms. The molecule has 0 radical (unpaired) electrons. The van der Waals surface area contributed by atoms with Crippen LogP contribution >= 0.6 is 0 Å². The van der Waals surface area contributed by atoms with Gasteiger partial charge in [0.1, 0.15) is 6.54 Å². The number of sulfonamides is 1. The van der Waals surface area contributed by atoms with Crippen molar-refractivity contribution in [2.45, 2.75) is 23.9 Å². The predicted molar refractivity (Wildman–Crippen MR) is 129 cm³/mol. The molecule has 1 N–H and O–H groups in total. The third-order valence-electron chi connectivity index (χ3n) is 5.70. The Bertz CT molecular complexity index is 1270. The Hall–Kier alpha value is -3.53. The fourth-order valence-electron chi connectivity index (χ4n) is 3.93. The number of hydrogen-bond donors (Lipinski definition) is 1. The Balaban J connectivity index is 1.60. The molecule has 0 atom stereocenters. The van der Waals surface area contributed by atoms with Gasteiger partial charge in [-0.2, -0.15) is 13.2 Å². The summed E-state index contributed by atoms with van der Waals surface area (Å²) in [5.41, 5.74) is 0.209. The van der Waals surface area contributed by atoms with E-state index in [-0.39, 0.29) is 10.6 Å². The Labute approximate surface area is 202 Å². The Morgan fingerprint density at radius 1 is 0.914 bits per heavy atom. The van der Waals surface area contributed by atoms with Gasteiger partial charge in [-0.05, 0) is 67.4 Å². The topological polar surface area (TPSA) is 69.7 Å². The van der Waals surface area contributed by atoms with Crippen LogP contribution in [0.2, 0.25) is 0 Å². The first-order valence-electron chi connectivity index (χ1n) is 11.0. The fourth-order valence-corrected chi connectivity index (χ4v) is 5.37. The standard InChI is InChI=1S/C25H24F3N3O3S/c26-25(27,28)19-7-6-8-22(17-19)31(35(33,34)23-9-2-1-3-10-23)18-24(32)29-20-11-13-21(14-12-20)30-15-4-5-16-30/h1-3,6-14,17H,4-5,15-16,18H2,(H,29,32). The first-order valence-corrected chi connectivity index (χ1v) is 12.5. The van der Waals surface area contributed by atoms with Crippen LogP contribution in [0.5, 0.6) is 0 Å². The van der Waals surface area contributed by atoms with E-state index in [1.807, 2.05) is 12.1 Å². The maximum Gasteiger partial charge on any atom is 0.416 e. The highest BCUT2D eigenvalue weighted by molar-refractivity contribution is 7.92. The van der Waals surface area contributed by atoms with Crippen molar-refractivity contribution in [1.29, 1.82) is 0 Å². The monoisotopic (exact) mass is 503 g/mol. The SMILES string of the molecule is O=C(CN(c1cccc(C(F)(F)F)c1)S(=O)(=O)c1ccccc1)Nc1ccc(N2CCCC2)cc1. The van der Waals surface area contributed by atoms with E-state index in [4.69, 9.17) is 0 Å². The van der Waals surface area contributed by atoms with Crippen molar-refractivity contribution < 1.29 is 26.4 Å². The molecule has 0 saturated carbocycles. The highest BCUT2D eigenvalue weighted by Gasteiger charge is 2.33. The van der Waals surface area contributed by atoms with Crippen molar-refractivity contribution in [3.05, 3.63) is 84.4 Å². The number of carbonyl (C=O) groups is 1. The van der Waals surface area contributed by atoms with E-state index in [0.29, 0.717) is 9.99 Å². The first-order chi connectivity index (χ1) is 16.6. The van der Waals surface area contributed by atoms with Gasteiger partial charge in [0.05, 0.1) is 16.1 Å². The van der Waals surface area contributed by atoms with Crippen molar-refractivity contribution in [1.82, 2.24) is 0 Å². The van der Waals surface area contributed by atoms with Crippen molar-refractivity contribution in [3.63, 3.8) is 0 Å². The summed E-state index contributed by atoms with van der Waals surface area (Å²) in [5, 5.41) is 2.64. The molecule has 1 heterocycles. The van der Waals surface area contributed by atoms with E-state index in [1.165, 1.54) is 30.3 Å².